The third kappa shape index (κ3) is 3.65. The van der Waals surface area contributed by atoms with Crippen molar-refractivity contribution < 1.29 is 30.0 Å². The number of aromatic nitrogens is 2. The molecule has 128 valence electrons. The van der Waals surface area contributed by atoms with Crippen LogP contribution in [0.3, 0.4) is 0 Å². The molecule has 23 heavy (non-hydrogen) atoms. The van der Waals surface area contributed by atoms with Crippen LogP contribution in [0.4, 0.5) is 0 Å². The minimum atomic E-state index is -1.48. The SMILES string of the molecule is O=C(O)CNCc1cn(C2OC(CO)C(O)C2O)c(=O)[nH]c1=O. The molecule has 1 saturated heterocycles. The molecule has 2 rings (SSSR count). The fraction of sp³-hybridized carbons (Fsp3) is 0.583. The van der Waals surface area contributed by atoms with Gasteiger partial charge in [0.15, 0.2) is 6.23 Å². The Morgan fingerprint density at radius 3 is 2.61 bits per heavy atom. The number of carboxylic acids is 1. The first-order valence-electron chi connectivity index (χ1n) is 6.74. The van der Waals surface area contributed by atoms with Crippen LogP contribution in [0.1, 0.15) is 11.8 Å². The van der Waals surface area contributed by atoms with Crippen LogP contribution in [0.15, 0.2) is 15.8 Å². The van der Waals surface area contributed by atoms with Crippen LogP contribution >= 0.6 is 0 Å². The Hall–Kier alpha value is -2.05. The van der Waals surface area contributed by atoms with Gasteiger partial charge in [-0.1, -0.05) is 0 Å². The second-order valence-corrected chi connectivity index (χ2v) is 5.05. The smallest absolute Gasteiger partial charge is 0.330 e. The third-order valence-corrected chi connectivity index (χ3v) is 3.42. The van der Waals surface area contributed by atoms with Crippen LogP contribution in [0.5, 0.6) is 0 Å². The van der Waals surface area contributed by atoms with Crippen LogP contribution in [-0.2, 0) is 16.1 Å². The first-order valence-corrected chi connectivity index (χ1v) is 6.74. The number of carboxylic acid groups (broad SMARTS) is 1. The molecule has 4 atom stereocenters. The summed E-state index contributed by atoms with van der Waals surface area (Å²) in [5, 5.41) is 39.7. The van der Waals surface area contributed by atoms with Crippen molar-refractivity contribution in [1.29, 1.82) is 0 Å². The average Bonchev–Trinajstić information content (AvgIpc) is 2.77. The minimum absolute atomic E-state index is 0.0450. The highest BCUT2D eigenvalue weighted by molar-refractivity contribution is 5.68. The van der Waals surface area contributed by atoms with E-state index in [0.29, 0.717) is 0 Å². The van der Waals surface area contributed by atoms with Gasteiger partial charge in [-0.15, -0.1) is 0 Å². The number of aromatic amines is 1. The maximum Gasteiger partial charge on any atom is 0.330 e. The summed E-state index contributed by atoms with van der Waals surface area (Å²) >= 11 is 0. The Morgan fingerprint density at radius 2 is 2.04 bits per heavy atom. The molecule has 0 aliphatic carbocycles. The number of rotatable bonds is 6. The number of aliphatic hydroxyl groups excluding tert-OH is 3. The quantitative estimate of drug-likeness (QED) is 0.307. The lowest BCUT2D eigenvalue weighted by molar-refractivity contribution is -0.136. The van der Waals surface area contributed by atoms with Crippen molar-refractivity contribution in [3.8, 4) is 0 Å². The highest BCUT2D eigenvalue weighted by atomic mass is 16.6. The highest BCUT2D eigenvalue weighted by Gasteiger charge is 2.43. The van der Waals surface area contributed by atoms with Gasteiger partial charge in [0.1, 0.15) is 18.3 Å². The molecule has 1 fully saturated rings. The van der Waals surface area contributed by atoms with Crippen LogP contribution in [-0.4, -0.2) is 67.4 Å². The molecule has 0 saturated carbocycles. The predicted octanol–water partition coefficient (Wildman–Crippen LogP) is -3.68. The van der Waals surface area contributed by atoms with Crippen molar-refractivity contribution in [3.05, 3.63) is 32.6 Å². The van der Waals surface area contributed by atoms with E-state index in [-0.39, 0.29) is 18.7 Å². The molecule has 0 spiro atoms. The summed E-state index contributed by atoms with van der Waals surface area (Å²) in [4.78, 5) is 36.0. The number of ether oxygens (including phenoxy) is 1. The zero-order valence-electron chi connectivity index (χ0n) is 11.9. The van der Waals surface area contributed by atoms with Crippen molar-refractivity contribution in [2.75, 3.05) is 13.2 Å². The number of aliphatic carboxylic acids is 1. The second-order valence-electron chi connectivity index (χ2n) is 5.05. The number of hydrogen-bond donors (Lipinski definition) is 6. The molecular formula is C12H17N3O8. The maximum atomic E-state index is 11.9. The van der Waals surface area contributed by atoms with Crippen LogP contribution in [0.2, 0.25) is 0 Å². The molecule has 1 aromatic rings. The molecule has 11 nitrogen and oxygen atoms in total. The zero-order chi connectivity index (χ0) is 17.1. The summed E-state index contributed by atoms with van der Waals surface area (Å²) in [6.45, 7) is -1.07. The molecule has 1 aliphatic heterocycles. The Balaban J connectivity index is 2.27. The molecule has 0 amide bonds. The molecule has 2 heterocycles. The van der Waals surface area contributed by atoms with E-state index in [1.54, 1.807) is 0 Å². The van der Waals surface area contributed by atoms with E-state index in [4.69, 9.17) is 14.9 Å². The van der Waals surface area contributed by atoms with Crippen molar-refractivity contribution in [2.24, 2.45) is 0 Å². The molecular weight excluding hydrogens is 314 g/mol. The lowest BCUT2D eigenvalue weighted by Crippen LogP contribution is -2.39. The van der Waals surface area contributed by atoms with Gasteiger partial charge in [0.05, 0.1) is 13.2 Å². The van der Waals surface area contributed by atoms with Gasteiger partial charge in [-0.25, -0.2) is 4.79 Å². The fourth-order valence-corrected chi connectivity index (χ4v) is 2.26. The van der Waals surface area contributed by atoms with E-state index in [2.05, 4.69) is 5.32 Å². The number of H-pyrrole nitrogens is 1. The average molecular weight is 331 g/mol. The van der Waals surface area contributed by atoms with Crippen LogP contribution in [0, 0.1) is 0 Å². The van der Waals surface area contributed by atoms with E-state index in [9.17, 15) is 24.6 Å². The summed E-state index contributed by atoms with van der Waals surface area (Å²) in [7, 11) is 0. The standard InChI is InChI=1S/C12H17N3O8/c16-4-6-8(19)9(20)11(23-6)15-3-5(1-13-2-7(17)18)10(21)14-12(15)22/h3,6,8-9,11,13,16,19-20H,1-2,4H2,(H,17,18)(H,14,21,22). The number of carbonyl (C=O) groups is 1. The van der Waals surface area contributed by atoms with Gasteiger partial charge >= 0.3 is 11.7 Å². The first-order chi connectivity index (χ1) is 10.8. The number of nitrogens with one attached hydrogen (secondary N) is 2. The summed E-state index contributed by atoms with van der Waals surface area (Å²) in [5.41, 5.74) is -1.54. The van der Waals surface area contributed by atoms with E-state index in [0.717, 1.165) is 10.8 Å². The monoisotopic (exact) mass is 331 g/mol. The van der Waals surface area contributed by atoms with Gasteiger partial charge in [-0.3, -0.25) is 19.1 Å². The fourth-order valence-electron chi connectivity index (χ4n) is 2.26. The topological polar surface area (TPSA) is 174 Å². The summed E-state index contributed by atoms with van der Waals surface area (Å²) in [6, 6.07) is 0. The summed E-state index contributed by atoms with van der Waals surface area (Å²) in [5.74, 6) is -1.11. The normalized spacial score (nSPS) is 27.3. The maximum absolute atomic E-state index is 11.9. The van der Waals surface area contributed by atoms with Crippen molar-refractivity contribution in [2.45, 2.75) is 31.1 Å². The zero-order valence-corrected chi connectivity index (χ0v) is 11.9. The van der Waals surface area contributed by atoms with Gasteiger partial charge in [-0.05, 0) is 0 Å². The van der Waals surface area contributed by atoms with E-state index in [1.165, 1.54) is 0 Å². The largest absolute Gasteiger partial charge is 0.480 e. The predicted molar refractivity (Wildman–Crippen MR) is 73.7 cm³/mol. The van der Waals surface area contributed by atoms with Crippen LogP contribution in [0.25, 0.3) is 0 Å². The number of nitrogens with zero attached hydrogens (tertiary/aromatic N) is 1. The van der Waals surface area contributed by atoms with Crippen molar-refractivity contribution in [1.82, 2.24) is 14.9 Å². The summed E-state index contributed by atoms with van der Waals surface area (Å²) in [6.07, 6.45) is -4.11. The van der Waals surface area contributed by atoms with Crippen LogP contribution < -0.4 is 16.6 Å². The Kier molecular flexibility index (Phi) is 5.28. The Labute approximate surface area is 128 Å². The lowest BCUT2D eigenvalue weighted by Gasteiger charge is -2.18. The van der Waals surface area contributed by atoms with Crippen molar-refractivity contribution >= 4 is 5.97 Å². The van der Waals surface area contributed by atoms with Gasteiger partial charge < -0.3 is 30.5 Å². The molecule has 11 heteroatoms. The van der Waals surface area contributed by atoms with Gasteiger partial charge in [0.2, 0.25) is 0 Å². The van der Waals surface area contributed by atoms with Crippen molar-refractivity contribution in [3.63, 3.8) is 0 Å². The molecule has 6 N–H and O–H groups in total. The second kappa shape index (κ2) is 7.02. The van der Waals surface area contributed by atoms with Gasteiger partial charge in [0.25, 0.3) is 5.56 Å². The Morgan fingerprint density at radius 1 is 1.35 bits per heavy atom. The number of hydrogen-bond acceptors (Lipinski definition) is 8. The minimum Gasteiger partial charge on any atom is -0.480 e. The van der Waals surface area contributed by atoms with E-state index >= 15 is 0 Å². The lowest BCUT2D eigenvalue weighted by atomic mass is 10.1. The Bertz CT molecular complexity index is 684. The molecule has 0 bridgehead atoms. The third-order valence-electron chi connectivity index (χ3n) is 3.42. The summed E-state index contributed by atoms with van der Waals surface area (Å²) < 4.78 is 6.09. The number of aliphatic hydroxyl groups is 3. The molecule has 4 unspecified atom stereocenters. The van der Waals surface area contributed by atoms with E-state index < -0.39 is 48.4 Å². The molecule has 1 aliphatic rings. The van der Waals surface area contributed by atoms with E-state index in [1.807, 2.05) is 4.98 Å². The molecule has 1 aromatic heterocycles. The highest BCUT2D eigenvalue weighted by Crippen LogP contribution is 2.27. The van der Waals surface area contributed by atoms with Gasteiger partial charge in [-0.2, -0.15) is 0 Å². The van der Waals surface area contributed by atoms with Gasteiger partial charge in [0, 0.05) is 18.3 Å². The molecule has 0 radical (unpaired) electrons. The molecule has 0 aromatic carbocycles. The first kappa shape index (κ1) is 17.3.